The molecule has 0 aromatic carbocycles. The van der Waals surface area contributed by atoms with E-state index in [0.717, 1.165) is 12.2 Å². The van der Waals surface area contributed by atoms with Crippen LogP contribution in [-0.2, 0) is 9.53 Å². The molecule has 2 atom stereocenters. The molecular weight excluding hydrogens is 310 g/mol. The van der Waals surface area contributed by atoms with E-state index in [9.17, 15) is 14.7 Å². The van der Waals surface area contributed by atoms with Gasteiger partial charge in [0.2, 0.25) is 5.91 Å². The Hall–Kier alpha value is -2.15. The van der Waals surface area contributed by atoms with E-state index in [1.165, 1.54) is 20.0 Å². The summed E-state index contributed by atoms with van der Waals surface area (Å²) >= 11 is 0. The summed E-state index contributed by atoms with van der Waals surface area (Å²) in [5, 5.41) is 12.5. The maximum absolute atomic E-state index is 11.9. The first-order valence-electron chi connectivity index (χ1n) is 8.23. The topological polar surface area (TPSA) is 91.8 Å². The fraction of sp³-hybridized carbons (Fsp3) is 0.588. The summed E-state index contributed by atoms with van der Waals surface area (Å²) in [4.78, 5) is 29.9. The van der Waals surface area contributed by atoms with Crippen LogP contribution in [0.5, 0.6) is 0 Å². The monoisotopic (exact) mass is 333 g/mol. The average molecular weight is 333 g/mol. The zero-order valence-electron chi connectivity index (χ0n) is 14.0. The molecule has 1 aromatic rings. The van der Waals surface area contributed by atoms with Gasteiger partial charge in [0.25, 0.3) is 0 Å². The van der Waals surface area contributed by atoms with Crippen molar-refractivity contribution in [2.75, 3.05) is 31.7 Å². The van der Waals surface area contributed by atoms with Gasteiger partial charge >= 0.3 is 5.97 Å². The fourth-order valence-corrected chi connectivity index (χ4v) is 3.49. The van der Waals surface area contributed by atoms with Gasteiger partial charge in [0.1, 0.15) is 18.0 Å². The number of aryl methyl sites for hydroxylation is 1. The van der Waals surface area contributed by atoms with Crippen LogP contribution >= 0.6 is 0 Å². The Morgan fingerprint density at radius 1 is 1.38 bits per heavy atom. The number of rotatable bonds is 6. The molecule has 24 heavy (non-hydrogen) atoms. The molecule has 2 aliphatic rings. The van der Waals surface area contributed by atoms with Gasteiger partial charge in [-0.3, -0.25) is 4.79 Å². The van der Waals surface area contributed by atoms with Gasteiger partial charge in [-0.05, 0) is 37.8 Å². The number of methoxy groups -OCH3 is 1. The van der Waals surface area contributed by atoms with Crippen LogP contribution in [0.2, 0.25) is 0 Å². The summed E-state index contributed by atoms with van der Waals surface area (Å²) in [7, 11) is 1.49. The lowest BCUT2D eigenvalue weighted by molar-refractivity contribution is -0.125. The number of pyridine rings is 1. The standard InChI is InChI=1S/C17H23N3O4/c1-10-3-6-12(17(22)23)16(18-10)20-7-13(11-4-5-11)14(8-20)19-15(21)9-24-2/h3,6,11,13-14H,4-5,7-9H2,1-2H3,(H,19,21)(H,22,23)/t13-,14+/m1/s1. The number of carboxylic acids is 1. The molecule has 0 radical (unpaired) electrons. The molecule has 0 unspecified atom stereocenters. The van der Waals surface area contributed by atoms with Crippen molar-refractivity contribution >= 4 is 17.7 Å². The Morgan fingerprint density at radius 3 is 2.75 bits per heavy atom. The quantitative estimate of drug-likeness (QED) is 0.809. The number of carboxylic acid groups (broad SMARTS) is 1. The zero-order valence-corrected chi connectivity index (χ0v) is 14.0. The first kappa shape index (κ1) is 16.7. The zero-order chi connectivity index (χ0) is 17.3. The molecule has 2 N–H and O–H groups in total. The van der Waals surface area contributed by atoms with Crippen LogP contribution in [-0.4, -0.2) is 54.8 Å². The van der Waals surface area contributed by atoms with Crippen LogP contribution in [0.1, 0.15) is 28.9 Å². The predicted molar refractivity (Wildman–Crippen MR) is 88.2 cm³/mol. The van der Waals surface area contributed by atoms with Crippen LogP contribution in [0.25, 0.3) is 0 Å². The smallest absolute Gasteiger partial charge is 0.339 e. The SMILES string of the molecule is COCC(=O)N[C@H]1CN(c2nc(C)ccc2C(=O)O)C[C@@H]1C1CC1. The van der Waals surface area contributed by atoms with Gasteiger partial charge in [0.15, 0.2) is 0 Å². The van der Waals surface area contributed by atoms with Crippen molar-refractivity contribution in [3.8, 4) is 0 Å². The van der Waals surface area contributed by atoms with Gasteiger partial charge in [-0.25, -0.2) is 9.78 Å². The number of nitrogens with one attached hydrogen (secondary N) is 1. The highest BCUT2D eigenvalue weighted by Gasteiger charge is 2.44. The third kappa shape index (κ3) is 3.51. The van der Waals surface area contributed by atoms with E-state index in [4.69, 9.17) is 4.74 Å². The third-order valence-electron chi connectivity index (χ3n) is 4.76. The van der Waals surface area contributed by atoms with Crippen LogP contribution < -0.4 is 10.2 Å². The number of carbonyl (C=O) groups excluding carboxylic acids is 1. The number of anilines is 1. The Balaban J connectivity index is 1.81. The van der Waals surface area contributed by atoms with Gasteiger partial charge in [0.05, 0.1) is 6.04 Å². The number of carbonyl (C=O) groups is 2. The molecule has 7 nitrogen and oxygen atoms in total. The van der Waals surface area contributed by atoms with Crippen LogP contribution in [0.4, 0.5) is 5.82 Å². The van der Waals surface area contributed by atoms with Crippen LogP contribution in [0.3, 0.4) is 0 Å². The van der Waals surface area contributed by atoms with Crippen molar-refractivity contribution in [3.63, 3.8) is 0 Å². The Bertz CT molecular complexity index is 645. The molecular formula is C17H23N3O4. The first-order chi connectivity index (χ1) is 11.5. The molecule has 2 fully saturated rings. The van der Waals surface area contributed by atoms with Crippen molar-refractivity contribution in [3.05, 3.63) is 23.4 Å². The second-order valence-electron chi connectivity index (χ2n) is 6.64. The fourth-order valence-electron chi connectivity index (χ4n) is 3.49. The summed E-state index contributed by atoms with van der Waals surface area (Å²) in [6.45, 7) is 3.19. The number of aromatic carboxylic acids is 1. The Labute approximate surface area is 141 Å². The van der Waals surface area contributed by atoms with Crippen LogP contribution in [0, 0.1) is 18.8 Å². The van der Waals surface area contributed by atoms with E-state index < -0.39 is 5.97 Å². The third-order valence-corrected chi connectivity index (χ3v) is 4.76. The normalized spacial score (nSPS) is 23.3. The van der Waals surface area contributed by atoms with Gasteiger partial charge in [-0.2, -0.15) is 0 Å². The van der Waals surface area contributed by atoms with Gasteiger partial charge in [-0.1, -0.05) is 0 Å². The van der Waals surface area contributed by atoms with Crippen molar-refractivity contribution in [1.82, 2.24) is 10.3 Å². The van der Waals surface area contributed by atoms with Gasteiger partial charge < -0.3 is 20.1 Å². The molecule has 1 aromatic heterocycles. The van der Waals surface area contributed by atoms with E-state index in [-0.39, 0.29) is 24.1 Å². The minimum atomic E-state index is -0.979. The van der Waals surface area contributed by atoms with Crippen molar-refractivity contribution in [1.29, 1.82) is 0 Å². The molecule has 7 heteroatoms. The lowest BCUT2D eigenvalue weighted by atomic mass is 9.98. The first-order valence-corrected chi connectivity index (χ1v) is 8.23. The molecule has 130 valence electrons. The summed E-state index contributed by atoms with van der Waals surface area (Å²) in [6.07, 6.45) is 2.34. The van der Waals surface area contributed by atoms with E-state index in [0.29, 0.717) is 24.2 Å². The Kier molecular flexibility index (Phi) is 4.71. The van der Waals surface area contributed by atoms with E-state index >= 15 is 0 Å². The van der Waals surface area contributed by atoms with E-state index in [2.05, 4.69) is 10.3 Å². The molecule has 1 amide bonds. The average Bonchev–Trinajstić information content (AvgIpc) is 3.28. The molecule has 1 saturated carbocycles. The van der Waals surface area contributed by atoms with Crippen LogP contribution in [0.15, 0.2) is 12.1 Å². The van der Waals surface area contributed by atoms with Gasteiger partial charge in [-0.15, -0.1) is 0 Å². The maximum atomic E-state index is 11.9. The summed E-state index contributed by atoms with van der Waals surface area (Å²) in [6, 6.07) is 3.31. The minimum absolute atomic E-state index is 0.00380. The highest BCUT2D eigenvalue weighted by atomic mass is 16.5. The number of hydrogen-bond acceptors (Lipinski definition) is 5. The maximum Gasteiger partial charge on any atom is 0.339 e. The second-order valence-corrected chi connectivity index (χ2v) is 6.64. The number of hydrogen-bond donors (Lipinski definition) is 2. The van der Waals surface area contributed by atoms with Crippen molar-refractivity contribution in [2.24, 2.45) is 11.8 Å². The number of nitrogens with zero attached hydrogens (tertiary/aromatic N) is 2. The van der Waals surface area contributed by atoms with Crippen molar-refractivity contribution < 1.29 is 19.4 Å². The molecule has 2 heterocycles. The van der Waals surface area contributed by atoms with Gasteiger partial charge in [0, 0.05) is 31.8 Å². The molecule has 1 aliphatic heterocycles. The predicted octanol–water partition coefficient (Wildman–Crippen LogP) is 1.07. The highest BCUT2D eigenvalue weighted by molar-refractivity contribution is 5.93. The number of ether oxygens (including phenoxy) is 1. The molecule has 1 aliphatic carbocycles. The lowest BCUT2D eigenvalue weighted by Crippen LogP contribution is -2.42. The molecule has 1 saturated heterocycles. The lowest BCUT2D eigenvalue weighted by Gasteiger charge is -2.20. The number of aromatic nitrogens is 1. The second kappa shape index (κ2) is 6.76. The molecule has 0 spiro atoms. The summed E-state index contributed by atoms with van der Waals surface area (Å²) in [5.41, 5.74) is 0.990. The van der Waals surface area contributed by atoms with E-state index in [1.54, 1.807) is 12.1 Å². The largest absolute Gasteiger partial charge is 0.478 e. The molecule has 3 rings (SSSR count). The summed E-state index contributed by atoms with van der Waals surface area (Å²) < 4.78 is 4.89. The highest BCUT2D eigenvalue weighted by Crippen LogP contribution is 2.42. The molecule has 0 bridgehead atoms. The minimum Gasteiger partial charge on any atom is -0.478 e. The summed E-state index contributed by atoms with van der Waals surface area (Å²) in [5.74, 6) is 0.310. The number of amides is 1. The van der Waals surface area contributed by atoms with Crippen molar-refractivity contribution in [2.45, 2.75) is 25.8 Å². The Morgan fingerprint density at radius 2 is 2.12 bits per heavy atom. The van der Waals surface area contributed by atoms with E-state index in [1.807, 2.05) is 11.8 Å².